The lowest BCUT2D eigenvalue weighted by Crippen LogP contribution is -2.35. The molecule has 0 aliphatic carbocycles. The molecule has 102 valence electrons. The van der Waals surface area contributed by atoms with Crippen molar-refractivity contribution in [3.05, 3.63) is 18.2 Å². The molecule has 4 nitrogen and oxygen atoms in total. The Morgan fingerprint density at radius 2 is 2.06 bits per heavy atom. The van der Waals surface area contributed by atoms with Gasteiger partial charge < -0.3 is 20.5 Å². The lowest BCUT2D eigenvalue weighted by molar-refractivity contribution is 0.145. The van der Waals surface area contributed by atoms with E-state index in [1.807, 2.05) is 25.1 Å². The molecule has 1 aliphatic rings. The van der Waals surface area contributed by atoms with Crippen molar-refractivity contribution in [2.75, 3.05) is 30.3 Å². The molecule has 5 heteroatoms. The third-order valence-electron chi connectivity index (χ3n) is 3.13. The largest absolute Gasteiger partial charge is 0.492 e. The summed E-state index contributed by atoms with van der Waals surface area (Å²) in [7, 11) is 0. The molecular formula is C13H21ClN2O2. The quantitative estimate of drug-likeness (QED) is 0.827. The monoisotopic (exact) mass is 272 g/mol. The van der Waals surface area contributed by atoms with Gasteiger partial charge in [-0.3, -0.25) is 0 Å². The summed E-state index contributed by atoms with van der Waals surface area (Å²) >= 11 is 0. The molecule has 0 bridgehead atoms. The number of rotatable bonds is 3. The van der Waals surface area contributed by atoms with Gasteiger partial charge in [0.25, 0.3) is 0 Å². The van der Waals surface area contributed by atoms with E-state index in [-0.39, 0.29) is 18.5 Å². The Bertz CT molecular complexity index is 379. The van der Waals surface area contributed by atoms with Crippen LogP contribution in [0.4, 0.5) is 11.4 Å². The second kappa shape index (κ2) is 6.71. The van der Waals surface area contributed by atoms with E-state index in [1.165, 1.54) is 0 Å². The van der Waals surface area contributed by atoms with Crippen LogP contribution in [0.2, 0.25) is 0 Å². The summed E-state index contributed by atoms with van der Waals surface area (Å²) in [5.41, 5.74) is 7.64. The van der Waals surface area contributed by atoms with E-state index in [0.717, 1.165) is 37.4 Å². The average molecular weight is 273 g/mol. The maximum absolute atomic E-state index is 9.49. The van der Waals surface area contributed by atoms with Crippen LogP contribution in [-0.4, -0.2) is 30.9 Å². The molecule has 0 spiro atoms. The molecule has 1 heterocycles. The van der Waals surface area contributed by atoms with Crippen molar-refractivity contribution in [3.8, 4) is 5.75 Å². The number of benzene rings is 1. The highest BCUT2D eigenvalue weighted by Crippen LogP contribution is 2.29. The molecule has 0 unspecified atom stereocenters. The van der Waals surface area contributed by atoms with Crippen molar-refractivity contribution in [3.63, 3.8) is 0 Å². The molecule has 0 saturated carbocycles. The van der Waals surface area contributed by atoms with Gasteiger partial charge in [0.15, 0.2) is 0 Å². The summed E-state index contributed by atoms with van der Waals surface area (Å²) in [5, 5.41) is 9.49. The number of aliphatic hydroxyl groups is 1. The lowest BCUT2D eigenvalue weighted by Gasteiger charge is -2.31. The summed E-state index contributed by atoms with van der Waals surface area (Å²) < 4.78 is 5.49. The zero-order valence-corrected chi connectivity index (χ0v) is 11.4. The SMILES string of the molecule is CCOc1cc(N2CCC(O)CC2)ccc1N.Cl. The Hall–Kier alpha value is -1.13. The number of hydrogen-bond acceptors (Lipinski definition) is 4. The number of nitrogen functional groups attached to an aromatic ring is 1. The first kappa shape index (κ1) is 14.9. The van der Waals surface area contributed by atoms with Crippen LogP contribution in [0.1, 0.15) is 19.8 Å². The van der Waals surface area contributed by atoms with Gasteiger partial charge in [-0.2, -0.15) is 0 Å². The Kier molecular flexibility index (Phi) is 5.56. The van der Waals surface area contributed by atoms with Gasteiger partial charge in [0.2, 0.25) is 0 Å². The second-order valence-electron chi connectivity index (χ2n) is 4.37. The third kappa shape index (κ3) is 3.43. The molecule has 1 fully saturated rings. The predicted molar refractivity (Wildman–Crippen MR) is 76.7 cm³/mol. The minimum atomic E-state index is -0.147. The van der Waals surface area contributed by atoms with E-state index in [4.69, 9.17) is 10.5 Å². The predicted octanol–water partition coefficient (Wildman–Crippen LogP) is 2.05. The number of halogens is 1. The molecule has 0 aromatic heterocycles. The Labute approximate surface area is 114 Å². The molecule has 1 aromatic carbocycles. The molecule has 3 N–H and O–H groups in total. The second-order valence-corrected chi connectivity index (χ2v) is 4.37. The number of anilines is 2. The maximum Gasteiger partial charge on any atom is 0.144 e. The Morgan fingerprint density at radius 1 is 1.39 bits per heavy atom. The smallest absolute Gasteiger partial charge is 0.144 e. The lowest BCUT2D eigenvalue weighted by atomic mass is 10.1. The number of ether oxygens (including phenoxy) is 1. The first-order chi connectivity index (χ1) is 8.20. The Morgan fingerprint density at radius 3 is 2.67 bits per heavy atom. The van der Waals surface area contributed by atoms with E-state index in [9.17, 15) is 5.11 Å². The van der Waals surface area contributed by atoms with Gasteiger partial charge >= 0.3 is 0 Å². The highest BCUT2D eigenvalue weighted by atomic mass is 35.5. The summed E-state index contributed by atoms with van der Waals surface area (Å²) in [6.45, 7) is 4.34. The highest BCUT2D eigenvalue weighted by Gasteiger charge is 2.17. The van der Waals surface area contributed by atoms with Crippen LogP contribution in [-0.2, 0) is 0 Å². The standard InChI is InChI=1S/C13H20N2O2.ClH/c1-2-17-13-9-10(3-4-12(13)14)15-7-5-11(16)6-8-15;/h3-4,9,11,16H,2,5-8,14H2,1H3;1H. The van der Waals surface area contributed by atoms with Crippen molar-refractivity contribution in [1.29, 1.82) is 0 Å². The van der Waals surface area contributed by atoms with Crippen LogP contribution in [0.3, 0.4) is 0 Å². The van der Waals surface area contributed by atoms with E-state index < -0.39 is 0 Å². The Balaban J connectivity index is 0.00000162. The highest BCUT2D eigenvalue weighted by molar-refractivity contribution is 5.85. The van der Waals surface area contributed by atoms with Crippen molar-refractivity contribution in [1.82, 2.24) is 0 Å². The first-order valence-corrected chi connectivity index (χ1v) is 6.16. The average Bonchev–Trinajstić information content (AvgIpc) is 2.33. The number of piperidine rings is 1. The van der Waals surface area contributed by atoms with Crippen LogP contribution in [0.5, 0.6) is 5.75 Å². The number of hydrogen-bond donors (Lipinski definition) is 2. The van der Waals surface area contributed by atoms with Crippen molar-refractivity contribution >= 4 is 23.8 Å². The fraction of sp³-hybridized carbons (Fsp3) is 0.538. The molecule has 18 heavy (non-hydrogen) atoms. The van der Waals surface area contributed by atoms with Crippen LogP contribution >= 0.6 is 12.4 Å². The van der Waals surface area contributed by atoms with E-state index in [2.05, 4.69) is 4.90 Å². The van der Waals surface area contributed by atoms with Crippen LogP contribution in [0, 0.1) is 0 Å². The van der Waals surface area contributed by atoms with Gasteiger partial charge in [0.05, 0.1) is 18.4 Å². The summed E-state index contributed by atoms with van der Waals surface area (Å²) in [6.07, 6.45) is 1.51. The summed E-state index contributed by atoms with van der Waals surface area (Å²) in [5.74, 6) is 0.746. The summed E-state index contributed by atoms with van der Waals surface area (Å²) in [6, 6.07) is 5.87. The minimum Gasteiger partial charge on any atom is -0.492 e. The van der Waals surface area contributed by atoms with Crippen LogP contribution < -0.4 is 15.4 Å². The normalized spacial score (nSPS) is 16.2. The fourth-order valence-electron chi connectivity index (χ4n) is 2.12. The molecule has 0 amide bonds. The van der Waals surface area contributed by atoms with E-state index in [1.54, 1.807) is 0 Å². The summed E-state index contributed by atoms with van der Waals surface area (Å²) in [4.78, 5) is 2.26. The van der Waals surface area contributed by atoms with E-state index in [0.29, 0.717) is 12.3 Å². The third-order valence-corrected chi connectivity index (χ3v) is 3.13. The van der Waals surface area contributed by atoms with Crippen molar-refractivity contribution < 1.29 is 9.84 Å². The topological polar surface area (TPSA) is 58.7 Å². The number of nitrogens with zero attached hydrogens (tertiary/aromatic N) is 1. The molecule has 0 atom stereocenters. The zero-order valence-electron chi connectivity index (χ0n) is 10.6. The van der Waals surface area contributed by atoms with Crippen molar-refractivity contribution in [2.45, 2.75) is 25.9 Å². The van der Waals surface area contributed by atoms with E-state index >= 15 is 0 Å². The first-order valence-electron chi connectivity index (χ1n) is 6.16. The molecule has 1 saturated heterocycles. The van der Waals surface area contributed by atoms with Gasteiger partial charge in [0, 0.05) is 24.8 Å². The van der Waals surface area contributed by atoms with Crippen LogP contribution in [0.25, 0.3) is 0 Å². The van der Waals surface area contributed by atoms with Gasteiger partial charge in [-0.1, -0.05) is 0 Å². The molecule has 1 aliphatic heterocycles. The van der Waals surface area contributed by atoms with Gasteiger partial charge in [-0.25, -0.2) is 0 Å². The number of aliphatic hydroxyl groups excluding tert-OH is 1. The van der Waals surface area contributed by atoms with Gasteiger partial charge in [-0.15, -0.1) is 12.4 Å². The fourth-order valence-corrected chi connectivity index (χ4v) is 2.12. The minimum absolute atomic E-state index is 0. The van der Waals surface area contributed by atoms with Gasteiger partial charge in [0.1, 0.15) is 5.75 Å². The molecule has 2 rings (SSSR count). The zero-order chi connectivity index (χ0) is 12.3. The van der Waals surface area contributed by atoms with Crippen LogP contribution in [0.15, 0.2) is 18.2 Å². The van der Waals surface area contributed by atoms with Gasteiger partial charge in [-0.05, 0) is 31.9 Å². The molecular weight excluding hydrogens is 252 g/mol. The molecule has 0 radical (unpaired) electrons. The number of nitrogens with two attached hydrogens (primary N) is 1. The molecule has 1 aromatic rings. The van der Waals surface area contributed by atoms with Crippen molar-refractivity contribution in [2.24, 2.45) is 0 Å². The maximum atomic E-state index is 9.49.